The van der Waals surface area contributed by atoms with E-state index in [0.29, 0.717) is 0 Å². The Morgan fingerprint density at radius 1 is 1.56 bits per heavy atom. The van der Waals surface area contributed by atoms with Gasteiger partial charge in [-0.1, -0.05) is 0 Å². The number of anilines is 1. The van der Waals surface area contributed by atoms with Crippen LogP contribution in [0.4, 0.5) is 5.69 Å². The van der Waals surface area contributed by atoms with Crippen molar-refractivity contribution >= 4 is 5.69 Å². The Morgan fingerprint density at radius 2 is 2.22 bits per heavy atom. The summed E-state index contributed by atoms with van der Waals surface area (Å²) in [5.74, 6) is 0. The number of aromatic nitrogens is 1. The molecule has 1 heterocycles. The predicted molar refractivity (Wildman–Crippen MR) is 37.0 cm³/mol. The summed E-state index contributed by atoms with van der Waals surface area (Å²) in [6.07, 6.45) is 4.42. The molecule has 0 aliphatic heterocycles. The van der Waals surface area contributed by atoms with Crippen LogP contribution >= 0.6 is 0 Å². The van der Waals surface area contributed by atoms with Crippen LogP contribution in [-0.2, 0) is 0 Å². The molecule has 9 heavy (non-hydrogen) atoms. The summed E-state index contributed by atoms with van der Waals surface area (Å²) >= 11 is 0. The number of hydrogen-bond donors (Lipinski definition) is 1. The standard InChI is InChI=1S/C7H9N2/c1-5-3-9-4-7(8)6(5)2/h4H,8H2,1-2H3. The second-order valence-electron chi connectivity index (χ2n) is 2.08. The van der Waals surface area contributed by atoms with Crippen molar-refractivity contribution in [2.75, 3.05) is 5.73 Å². The lowest BCUT2D eigenvalue weighted by Crippen LogP contribution is -1.92. The molecule has 2 nitrogen and oxygen atoms in total. The Morgan fingerprint density at radius 3 is 2.67 bits per heavy atom. The molecule has 0 saturated heterocycles. The maximum atomic E-state index is 5.54. The van der Waals surface area contributed by atoms with Crippen LogP contribution in [0.25, 0.3) is 0 Å². The highest BCUT2D eigenvalue weighted by Crippen LogP contribution is 2.10. The first kappa shape index (κ1) is 6.08. The fourth-order valence-electron chi connectivity index (χ4n) is 0.596. The Kier molecular flexibility index (Phi) is 1.39. The van der Waals surface area contributed by atoms with Crippen LogP contribution in [0.1, 0.15) is 11.1 Å². The smallest absolute Gasteiger partial charge is 0.0922 e. The maximum Gasteiger partial charge on any atom is 0.0922 e. The second kappa shape index (κ2) is 2.05. The van der Waals surface area contributed by atoms with Crippen LogP contribution < -0.4 is 5.73 Å². The highest BCUT2D eigenvalue weighted by atomic mass is 14.7. The van der Waals surface area contributed by atoms with Crippen LogP contribution in [0.5, 0.6) is 0 Å². The zero-order valence-corrected chi connectivity index (χ0v) is 5.60. The van der Waals surface area contributed by atoms with Crippen LogP contribution in [0.3, 0.4) is 0 Å². The van der Waals surface area contributed by atoms with Gasteiger partial charge in [0.1, 0.15) is 0 Å². The Hall–Kier alpha value is -1.05. The fraction of sp³-hybridized carbons (Fsp3) is 0.286. The maximum absolute atomic E-state index is 5.54. The van der Waals surface area contributed by atoms with Gasteiger partial charge < -0.3 is 5.73 Å². The van der Waals surface area contributed by atoms with E-state index in [9.17, 15) is 0 Å². The second-order valence-corrected chi connectivity index (χ2v) is 2.08. The first-order chi connectivity index (χ1) is 4.22. The quantitative estimate of drug-likeness (QED) is 0.557. The lowest BCUT2D eigenvalue weighted by molar-refractivity contribution is 1.21. The van der Waals surface area contributed by atoms with E-state index in [4.69, 9.17) is 5.73 Å². The molecular weight excluding hydrogens is 112 g/mol. The van der Waals surface area contributed by atoms with Gasteiger partial charge in [-0.3, -0.25) is 4.98 Å². The van der Waals surface area contributed by atoms with E-state index < -0.39 is 0 Å². The molecule has 0 spiro atoms. The van der Waals surface area contributed by atoms with E-state index in [0.717, 1.165) is 16.8 Å². The van der Waals surface area contributed by atoms with Crippen LogP contribution in [0, 0.1) is 20.0 Å². The van der Waals surface area contributed by atoms with Gasteiger partial charge >= 0.3 is 0 Å². The van der Waals surface area contributed by atoms with Crippen molar-refractivity contribution in [3.63, 3.8) is 0 Å². The summed E-state index contributed by atoms with van der Waals surface area (Å²) in [5, 5.41) is 0. The lowest BCUT2D eigenvalue weighted by Gasteiger charge is -1.99. The van der Waals surface area contributed by atoms with Gasteiger partial charge in [0, 0.05) is 0 Å². The topological polar surface area (TPSA) is 38.9 Å². The molecule has 0 atom stereocenters. The van der Waals surface area contributed by atoms with Gasteiger partial charge in [0.05, 0.1) is 18.1 Å². The number of hydrogen-bond acceptors (Lipinski definition) is 2. The molecule has 0 aliphatic rings. The minimum absolute atomic E-state index is 0.742. The highest BCUT2D eigenvalue weighted by molar-refractivity contribution is 5.46. The van der Waals surface area contributed by atoms with Crippen molar-refractivity contribution in [1.82, 2.24) is 4.98 Å². The van der Waals surface area contributed by atoms with Gasteiger partial charge in [0.25, 0.3) is 0 Å². The van der Waals surface area contributed by atoms with E-state index in [1.54, 1.807) is 6.20 Å². The van der Waals surface area contributed by atoms with Crippen LogP contribution in [0.15, 0.2) is 6.20 Å². The summed E-state index contributed by atoms with van der Waals surface area (Å²) in [5.41, 5.74) is 8.38. The first-order valence-corrected chi connectivity index (χ1v) is 2.81. The van der Waals surface area contributed by atoms with E-state index in [1.165, 1.54) is 0 Å². The molecule has 2 N–H and O–H groups in total. The molecule has 0 bridgehead atoms. The van der Waals surface area contributed by atoms with E-state index in [2.05, 4.69) is 11.2 Å². The van der Waals surface area contributed by atoms with E-state index in [-0.39, 0.29) is 0 Å². The molecule has 1 aromatic rings. The number of rotatable bonds is 0. The van der Waals surface area contributed by atoms with Gasteiger partial charge in [0.15, 0.2) is 0 Å². The van der Waals surface area contributed by atoms with Gasteiger partial charge in [0.2, 0.25) is 0 Å². The number of pyridine rings is 1. The SMILES string of the molecule is Cc1[c]ncc(N)c1C. The Labute approximate surface area is 54.7 Å². The van der Waals surface area contributed by atoms with Crippen molar-refractivity contribution in [1.29, 1.82) is 0 Å². The molecular formula is C7H9N2. The average Bonchev–Trinajstić information content (AvgIpc) is 1.83. The molecule has 0 unspecified atom stereocenters. The van der Waals surface area contributed by atoms with Crippen molar-refractivity contribution in [3.05, 3.63) is 23.5 Å². The lowest BCUT2D eigenvalue weighted by atomic mass is 10.2. The Bertz CT molecular complexity index is 198. The summed E-state index contributed by atoms with van der Waals surface area (Å²) < 4.78 is 0. The molecule has 1 rings (SSSR count). The summed E-state index contributed by atoms with van der Waals surface area (Å²) in [4.78, 5) is 3.79. The minimum atomic E-state index is 0.742. The first-order valence-electron chi connectivity index (χ1n) is 2.81. The largest absolute Gasteiger partial charge is 0.397 e. The predicted octanol–water partition coefficient (Wildman–Crippen LogP) is 1.08. The zero-order chi connectivity index (χ0) is 6.85. The third-order valence-corrected chi connectivity index (χ3v) is 1.43. The third kappa shape index (κ3) is 1.02. The third-order valence-electron chi connectivity index (χ3n) is 1.43. The summed E-state index contributed by atoms with van der Waals surface area (Å²) in [6.45, 7) is 3.90. The van der Waals surface area contributed by atoms with Gasteiger partial charge in [-0.25, -0.2) is 0 Å². The normalized spacial score (nSPS) is 9.56. The van der Waals surface area contributed by atoms with Crippen LogP contribution in [-0.4, -0.2) is 4.98 Å². The van der Waals surface area contributed by atoms with Gasteiger partial charge in [-0.05, 0) is 25.0 Å². The zero-order valence-electron chi connectivity index (χ0n) is 5.60. The van der Waals surface area contributed by atoms with Crippen LogP contribution in [0.2, 0.25) is 0 Å². The van der Waals surface area contributed by atoms with E-state index >= 15 is 0 Å². The van der Waals surface area contributed by atoms with Gasteiger partial charge in [-0.2, -0.15) is 0 Å². The number of aryl methyl sites for hydroxylation is 1. The summed E-state index contributed by atoms with van der Waals surface area (Å²) in [6, 6.07) is 0. The van der Waals surface area contributed by atoms with Crippen molar-refractivity contribution in [2.24, 2.45) is 0 Å². The molecule has 1 aromatic heterocycles. The highest BCUT2D eigenvalue weighted by Gasteiger charge is 1.94. The number of nitrogens with zero attached hydrogens (tertiary/aromatic N) is 1. The van der Waals surface area contributed by atoms with E-state index in [1.807, 2.05) is 13.8 Å². The average molecular weight is 121 g/mol. The van der Waals surface area contributed by atoms with Gasteiger partial charge in [-0.15, -0.1) is 0 Å². The Balaban J connectivity index is 3.25. The molecule has 0 fully saturated rings. The molecule has 1 radical (unpaired) electrons. The molecule has 0 aliphatic carbocycles. The van der Waals surface area contributed by atoms with Crippen molar-refractivity contribution in [3.8, 4) is 0 Å². The fourth-order valence-corrected chi connectivity index (χ4v) is 0.596. The number of nitrogens with two attached hydrogens (primary N) is 1. The molecule has 0 aromatic carbocycles. The molecule has 47 valence electrons. The minimum Gasteiger partial charge on any atom is -0.397 e. The molecule has 2 heteroatoms. The summed E-state index contributed by atoms with van der Waals surface area (Å²) in [7, 11) is 0. The number of nitrogen functional groups attached to an aromatic ring is 1. The molecule has 0 saturated carbocycles. The van der Waals surface area contributed by atoms with Crippen molar-refractivity contribution < 1.29 is 0 Å². The van der Waals surface area contributed by atoms with Crippen molar-refractivity contribution in [2.45, 2.75) is 13.8 Å². The molecule has 0 amide bonds. The monoisotopic (exact) mass is 121 g/mol.